The fraction of sp³-hybridized carbons (Fsp3) is 0.500. The molecule has 0 fully saturated rings. The van der Waals surface area contributed by atoms with Crippen LogP contribution in [0.2, 0.25) is 0 Å². The van der Waals surface area contributed by atoms with E-state index in [1.807, 2.05) is 44.4 Å². The summed E-state index contributed by atoms with van der Waals surface area (Å²) in [7, 11) is 0. The van der Waals surface area contributed by atoms with E-state index in [0.717, 1.165) is 23.3 Å². The predicted octanol–water partition coefficient (Wildman–Crippen LogP) is 3.94. The molecule has 2 nitrogen and oxygen atoms in total. The Morgan fingerprint density at radius 1 is 1.33 bits per heavy atom. The average Bonchev–Trinajstić information content (AvgIpc) is 2.44. The Balaban J connectivity index is 2.94. The van der Waals surface area contributed by atoms with Crippen molar-refractivity contribution in [2.45, 2.75) is 37.1 Å². The highest BCUT2D eigenvalue weighted by Gasteiger charge is 2.28. The molecule has 0 heterocycles. The third-order valence-corrected chi connectivity index (χ3v) is 4.65. The molecule has 0 unspecified atom stereocenters. The van der Waals surface area contributed by atoms with E-state index in [-0.39, 0.29) is 11.4 Å². The smallest absolute Gasteiger partial charge is 0.252 e. The molecule has 100 valence electrons. The molecule has 0 saturated heterocycles. The van der Waals surface area contributed by atoms with Crippen LogP contribution in [-0.4, -0.2) is 23.6 Å². The molecule has 1 N–H and O–H groups in total. The molecule has 0 aliphatic carbocycles. The average molecular weight is 286 g/mol. The lowest BCUT2D eigenvalue weighted by Crippen LogP contribution is -2.49. The van der Waals surface area contributed by atoms with Gasteiger partial charge in [0.05, 0.1) is 11.1 Å². The van der Waals surface area contributed by atoms with Gasteiger partial charge in [-0.15, -0.1) is 23.4 Å². The number of nitrogens with one attached hydrogen (secondary N) is 1. The number of benzene rings is 1. The van der Waals surface area contributed by atoms with Crippen LogP contribution >= 0.6 is 23.4 Å². The van der Waals surface area contributed by atoms with E-state index in [2.05, 4.69) is 5.32 Å². The van der Waals surface area contributed by atoms with Crippen LogP contribution in [0.15, 0.2) is 29.2 Å². The zero-order chi connectivity index (χ0) is 13.6. The lowest BCUT2D eigenvalue weighted by atomic mass is 9.94. The summed E-state index contributed by atoms with van der Waals surface area (Å²) in [6, 6.07) is 7.64. The summed E-state index contributed by atoms with van der Waals surface area (Å²) in [5, 5.41) is 3.09. The standard InChI is InChI=1S/C14H20ClNOS/c1-4-14(5-2,10-15)16-13(17)11-8-6-7-9-12(11)18-3/h6-9H,4-5,10H2,1-3H3,(H,16,17). The van der Waals surface area contributed by atoms with Crippen LogP contribution in [0, 0.1) is 0 Å². The number of rotatable bonds is 6. The van der Waals surface area contributed by atoms with Crippen molar-refractivity contribution >= 4 is 29.3 Å². The van der Waals surface area contributed by atoms with Gasteiger partial charge in [-0.2, -0.15) is 0 Å². The van der Waals surface area contributed by atoms with Gasteiger partial charge in [0.25, 0.3) is 5.91 Å². The summed E-state index contributed by atoms with van der Waals surface area (Å²) in [6.07, 6.45) is 3.64. The van der Waals surface area contributed by atoms with Crippen molar-refractivity contribution in [1.29, 1.82) is 0 Å². The van der Waals surface area contributed by atoms with Crippen molar-refractivity contribution in [2.75, 3.05) is 12.1 Å². The number of carbonyl (C=O) groups is 1. The molecule has 0 atom stereocenters. The molecule has 0 radical (unpaired) electrons. The Bertz CT molecular complexity index is 396. The van der Waals surface area contributed by atoms with Crippen LogP contribution < -0.4 is 5.32 Å². The van der Waals surface area contributed by atoms with Gasteiger partial charge in [-0.3, -0.25) is 4.79 Å². The van der Waals surface area contributed by atoms with Gasteiger partial charge in [0.2, 0.25) is 0 Å². The van der Waals surface area contributed by atoms with E-state index in [9.17, 15) is 4.79 Å². The van der Waals surface area contributed by atoms with Crippen LogP contribution in [0.3, 0.4) is 0 Å². The van der Waals surface area contributed by atoms with Gasteiger partial charge in [-0.25, -0.2) is 0 Å². The Hall–Kier alpha value is -0.670. The van der Waals surface area contributed by atoms with Crippen LogP contribution in [0.4, 0.5) is 0 Å². The van der Waals surface area contributed by atoms with Gasteiger partial charge in [0, 0.05) is 10.8 Å². The highest BCUT2D eigenvalue weighted by atomic mass is 35.5. The summed E-state index contributed by atoms with van der Waals surface area (Å²) in [5.74, 6) is 0.400. The number of thioether (sulfide) groups is 1. The van der Waals surface area contributed by atoms with E-state index >= 15 is 0 Å². The minimum Gasteiger partial charge on any atom is -0.345 e. The zero-order valence-corrected chi connectivity index (χ0v) is 12.7. The molecule has 1 aromatic carbocycles. The largest absolute Gasteiger partial charge is 0.345 e. The quantitative estimate of drug-likeness (QED) is 0.634. The maximum Gasteiger partial charge on any atom is 0.252 e. The highest BCUT2D eigenvalue weighted by Crippen LogP contribution is 2.22. The van der Waals surface area contributed by atoms with Crippen molar-refractivity contribution in [2.24, 2.45) is 0 Å². The summed E-state index contributed by atoms with van der Waals surface area (Å²) < 4.78 is 0. The maximum absolute atomic E-state index is 12.3. The number of alkyl halides is 1. The SMILES string of the molecule is CCC(CC)(CCl)NC(=O)c1ccccc1SC. The number of carbonyl (C=O) groups excluding carboxylic acids is 1. The monoisotopic (exact) mass is 285 g/mol. The third-order valence-electron chi connectivity index (χ3n) is 3.34. The van der Waals surface area contributed by atoms with Crippen LogP contribution in [0.5, 0.6) is 0 Å². The normalized spacial score (nSPS) is 11.3. The number of amides is 1. The third kappa shape index (κ3) is 3.42. The van der Waals surface area contributed by atoms with Crippen LogP contribution in [0.25, 0.3) is 0 Å². The summed E-state index contributed by atoms with van der Waals surface area (Å²) >= 11 is 7.59. The number of hydrogen-bond donors (Lipinski definition) is 1. The zero-order valence-electron chi connectivity index (χ0n) is 11.1. The Morgan fingerprint density at radius 3 is 2.44 bits per heavy atom. The molecular weight excluding hydrogens is 266 g/mol. The van der Waals surface area contributed by atoms with Crippen molar-refractivity contribution < 1.29 is 4.79 Å². The lowest BCUT2D eigenvalue weighted by molar-refractivity contribution is 0.0899. The lowest BCUT2D eigenvalue weighted by Gasteiger charge is -2.30. The van der Waals surface area contributed by atoms with E-state index in [1.165, 1.54) is 0 Å². The molecule has 0 spiro atoms. The van der Waals surface area contributed by atoms with E-state index < -0.39 is 0 Å². The van der Waals surface area contributed by atoms with Crippen molar-refractivity contribution in [3.63, 3.8) is 0 Å². The summed E-state index contributed by atoms with van der Waals surface area (Å²) in [5.41, 5.74) is 0.422. The molecule has 18 heavy (non-hydrogen) atoms. The molecule has 0 saturated carbocycles. The maximum atomic E-state index is 12.3. The Morgan fingerprint density at radius 2 is 1.94 bits per heavy atom. The first kappa shape index (κ1) is 15.4. The molecule has 0 bridgehead atoms. The van der Waals surface area contributed by atoms with E-state index in [1.54, 1.807) is 11.8 Å². The fourth-order valence-electron chi connectivity index (χ4n) is 1.79. The molecular formula is C14H20ClNOS. The highest BCUT2D eigenvalue weighted by molar-refractivity contribution is 7.98. The second-order valence-electron chi connectivity index (χ2n) is 4.28. The molecule has 0 aliphatic heterocycles. The van der Waals surface area contributed by atoms with Gasteiger partial charge in [-0.05, 0) is 31.2 Å². The minimum absolute atomic E-state index is 0.0377. The van der Waals surface area contributed by atoms with Crippen molar-refractivity contribution in [3.8, 4) is 0 Å². The van der Waals surface area contributed by atoms with Gasteiger partial charge >= 0.3 is 0 Å². The second-order valence-corrected chi connectivity index (χ2v) is 5.39. The number of hydrogen-bond acceptors (Lipinski definition) is 2. The van der Waals surface area contributed by atoms with Crippen LogP contribution in [-0.2, 0) is 0 Å². The van der Waals surface area contributed by atoms with Gasteiger partial charge in [-0.1, -0.05) is 26.0 Å². The first-order valence-corrected chi connectivity index (χ1v) is 7.90. The second kappa shape index (κ2) is 7.05. The molecule has 0 aliphatic rings. The molecule has 1 rings (SSSR count). The van der Waals surface area contributed by atoms with E-state index in [0.29, 0.717) is 5.88 Å². The molecule has 4 heteroatoms. The fourth-order valence-corrected chi connectivity index (χ4v) is 2.83. The first-order chi connectivity index (χ1) is 8.62. The topological polar surface area (TPSA) is 29.1 Å². The van der Waals surface area contributed by atoms with E-state index in [4.69, 9.17) is 11.6 Å². The predicted molar refractivity (Wildman–Crippen MR) is 79.7 cm³/mol. The number of halogens is 1. The summed E-state index contributed by atoms with van der Waals surface area (Å²) in [4.78, 5) is 13.3. The molecule has 1 aromatic rings. The van der Waals surface area contributed by atoms with Gasteiger partial charge < -0.3 is 5.32 Å². The summed E-state index contributed by atoms with van der Waals surface area (Å²) in [6.45, 7) is 4.10. The Labute approximate surface area is 118 Å². The van der Waals surface area contributed by atoms with Crippen LogP contribution in [0.1, 0.15) is 37.0 Å². The van der Waals surface area contributed by atoms with Gasteiger partial charge in [0.1, 0.15) is 0 Å². The van der Waals surface area contributed by atoms with Crippen molar-refractivity contribution in [3.05, 3.63) is 29.8 Å². The molecule has 0 aromatic heterocycles. The Kier molecular flexibility index (Phi) is 6.03. The first-order valence-electron chi connectivity index (χ1n) is 6.14. The van der Waals surface area contributed by atoms with Gasteiger partial charge in [0.15, 0.2) is 0 Å². The minimum atomic E-state index is -0.301. The molecule has 1 amide bonds. The van der Waals surface area contributed by atoms with Crippen molar-refractivity contribution in [1.82, 2.24) is 5.32 Å².